The van der Waals surface area contributed by atoms with Crippen LogP contribution >= 0.6 is 0 Å². The topological polar surface area (TPSA) is 105 Å². The number of allylic oxidation sites excluding steroid dienone is 1. The Morgan fingerprint density at radius 1 is 1.15 bits per heavy atom. The number of rotatable bonds is 5. The number of nitrogens with zero attached hydrogens (tertiary/aromatic N) is 2. The van der Waals surface area contributed by atoms with Crippen molar-refractivity contribution in [3.05, 3.63) is 71.4 Å². The van der Waals surface area contributed by atoms with Crippen molar-refractivity contribution in [2.24, 2.45) is 4.99 Å². The number of amidine groups is 1. The number of hydrogen-bond acceptors (Lipinski definition) is 7. The van der Waals surface area contributed by atoms with Gasteiger partial charge in [-0.3, -0.25) is 14.5 Å². The van der Waals surface area contributed by atoms with Crippen LogP contribution in [0.1, 0.15) is 31.9 Å². The molecule has 9 heteroatoms. The molecule has 1 atom stereocenters. The van der Waals surface area contributed by atoms with E-state index in [-0.39, 0.29) is 21.9 Å². The van der Waals surface area contributed by atoms with Crippen molar-refractivity contribution in [1.29, 1.82) is 0 Å². The van der Waals surface area contributed by atoms with E-state index in [0.717, 1.165) is 16.9 Å². The largest absolute Gasteiger partial charge is 0.456 e. The molecule has 2 aliphatic rings. The van der Waals surface area contributed by atoms with E-state index in [0.29, 0.717) is 5.56 Å². The number of benzene rings is 2. The monoisotopic (exact) mass is 467 g/mol. The number of carbonyl (C=O) groups is 2. The maximum Gasteiger partial charge on any atom is 0.331 e. The van der Waals surface area contributed by atoms with Gasteiger partial charge in [0.15, 0.2) is 12.4 Å². The molecule has 0 saturated carbocycles. The van der Waals surface area contributed by atoms with E-state index in [9.17, 15) is 18.0 Å². The summed E-state index contributed by atoms with van der Waals surface area (Å²) in [6.07, 6.45) is 1.51. The first-order valence-electron chi connectivity index (χ1n) is 10.5. The normalized spacial score (nSPS) is 20.8. The van der Waals surface area contributed by atoms with Crippen molar-refractivity contribution in [3.63, 3.8) is 0 Å². The summed E-state index contributed by atoms with van der Waals surface area (Å²) in [7, 11) is -1.80. The summed E-state index contributed by atoms with van der Waals surface area (Å²) in [5, 5.41) is 0. The lowest BCUT2D eigenvalue weighted by Crippen LogP contribution is -2.28. The summed E-state index contributed by atoms with van der Waals surface area (Å²) in [5.74, 6) is -0.992. The van der Waals surface area contributed by atoms with Gasteiger partial charge in [-0.25, -0.2) is 13.2 Å². The van der Waals surface area contributed by atoms with Crippen molar-refractivity contribution < 1.29 is 22.7 Å². The number of carbonyl (C=O) groups excluding carboxylic acids is 2. The van der Waals surface area contributed by atoms with Gasteiger partial charge in [0, 0.05) is 35.5 Å². The van der Waals surface area contributed by atoms with Crippen LogP contribution in [-0.2, 0) is 29.8 Å². The predicted octanol–water partition coefficient (Wildman–Crippen LogP) is 2.54. The minimum absolute atomic E-state index is 0.0792. The van der Waals surface area contributed by atoms with Crippen molar-refractivity contribution in [2.75, 3.05) is 18.6 Å². The second kappa shape index (κ2) is 8.15. The third-order valence-corrected chi connectivity index (χ3v) is 7.32. The van der Waals surface area contributed by atoms with Gasteiger partial charge in [-0.05, 0) is 30.7 Å². The maximum atomic E-state index is 12.6. The van der Waals surface area contributed by atoms with E-state index in [2.05, 4.69) is 9.71 Å². The van der Waals surface area contributed by atoms with E-state index < -0.39 is 28.6 Å². The Bertz CT molecular complexity index is 1310. The number of esters is 1. The average molecular weight is 468 g/mol. The van der Waals surface area contributed by atoms with Crippen LogP contribution in [-0.4, -0.2) is 45.7 Å². The Kier molecular flexibility index (Phi) is 5.61. The molecule has 0 aliphatic carbocycles. The van der Waals surface area contributed by atoms with Crippen molar-refractivity contribution >= 4 is 33.3 Å². The molecule has 1 unspecified atom stereocenters. The van der Waals surface area contributed by atoms with Crippen LogP contribution in [0.15, 0.2) is 70.2 Å². The number of aliphatic imine (C=N–C) groups is 1. The molecule has 0 radical (unpaired) electrons. The summed E-state index contributed by atoms with van der Waals surface area (Å²) in [4.78, 5) is 31.3. The highest BCUT2D eigenvalue weighted by Gasteiger charge is 2.38. The molecule has 0 spiro atoms. The van der Waals surface area contributed by atoms with Gasteiger partial charge in [-0.1, -0.05) is 44.2 Å². The van der Waals surface area contributed by atoms with Gasteiger partial charge in [0.1, 0.15) is 11.9 Å². The highest BCUT2D eigenvalue weighted by molar-refractivity contribution is 7.90. The van der Waals surface area contributed by atoms with Crippen molar-refractivity contribution in [2.45, 2.75) is 37.1 Å². The van der Waals surface area contributed by atoms with Gasteiger partial charge >= 0.3 is 5.97 Å². The van der Waals surface area contributed by atoms with Gasteiger partial charge in [0.25, 0.3) is 10.0 Å². The number of ether oxygens (including phenoxy) is 1. The van der Waals surface area contributed by atoms with Gasteiger partial charge in [0.05, 0.1) is 4.90 Å². The highest BCUT2D eigenvalue weighted by Crippen LogP contribution is 2.46. The summed E-state index contributed by atoms with van der Waals surface area (Å²) < 4.78 is 31.9. The molecule has 2 heterocycles. The van der Waals surface area contributed by atoms with Crippen LogP contribution in [0.5, 0.6) is 0 Å². The zero-order chi connectivity index (χ0) is 24.0. The molecule has 0 saturated heterocycles. The number of fused-ring (bicyclic) bond motifs is 2. The Morgan fingerprint density at radius 3 is 2.55 bits per heavy atom. The fourth-order valence-corrected chi connectivity index (χ4v) is 5.43. The number of sulfonamides is 1. The molecule has 0 amide bonds. The first-order chi connectivity index (χ1) is 15.5. The number of hydrogen-bond donors (Lipinski definition) is 1. The maximum absolute atomic E-state index is 12.6. The van der Waals surface area contributed by atoms with Crippen LogP contribution in [0.2, 0.25) is 0 Å². The first kappa shape index (κ1) is 22.7. The van der Waals surface area contributed by atoms with E-state index >= 15 is 0 Å². The third-order valence-electron chi connectivity index (χ3n) is 5.92. The second-order valence-electron chi connectivity index (χ2n) is 8.56. The molecule has 0 fully saturated rings. The zero-order valence-corrected chi connectivity index (χ0v) is 19.6. The fourth-order valence-electron chi connectivity index (χ4n) is 4.19. The predicted molar refractivity (Wildman–Crippen MR) is 125 cm³/mol. The quantitative estimate of drug-likeness (QED) is 0.535. The molecule has 2 aromatic rings. The van der Waals surface area contributed by atoms with Crippen molar-refractivity contribution in [1.82, 2.24) is 4.72 Å². The number of anilines is 1. The molecular weight excluding hydrogens is 442 g/mol. The van der Waals surface area contributed by atoms with E-state index in [1.54, 1.807) is 18.2 Å². The van der Waals surface area contributed by atoms with E-state index in [4.69, 9.17) is 4.74 Å². The van der Waals surface area contributed by atoms with Crippen LogP contribution < -0.4 is 9.62 Å². The van der Waals surface area contributed by atoms with Crippen LogP contribution in [0.3, 0.4) is 0 Å². The SMILES string of the molecule is CC(N=C1NS(=O)(=O)c2ccccc21)C(=O)OCC(=O)C=C1N(C)c2ccccc2C1(C)C. The number of nitrogens with one attached hydrogen (secondary N) is 1. The van der Waals surface area contributed by atoms with E-state index in [1.165, 1.54) is 19.1 Å². The van der Waals surface area contributed by atoms with E-state index in [1.807, 2.05) is 50.1 Å². The molecule has 1 N–H and O–H groups in total. The molecule has 33 heavy (non-hydrogen) atoms. The molecule has 2 aromatic carbocycles. The summed E-state index contributed by atoms with van der Waals surface area (Å²) in [6, 6.07) is 13.3. The van der Waals surface area contributed by atoms with Crippen LogP contribution in [0, 0.1) is 0 Å². The number of likely N-dealkylation sites (N-methyl/N-ethyl adjacent to an activating group) is 1. The lowest BCUT2D eigenvalue weighted by molar-refractivity contribution is -0.147. The highest BCUT2D eigenvalue weighted by atomic mass is 32.2. The Balaban J connectivity index is 1.44. The second-order valence-corrected chi connectivity index (χ2v) is 10.2. The minimum atomic E-state index is -3.70. The lowest BCUT2D eigenvalue weighted by Gasteiger charge is -2.23. The van der Waals surface area contributed by atoms with Gasteiger partial charge in [0.2, 0.25) is 0 Å². The Morgan fingerprint density at radius 2 is 1.82 bits per heavy atom. The molecule has 172 valence electrons. The van der Waals surface area contributed by atoms with Crippen LogP contribution in [0.25, 0.3) is 0 Å². The first-order valence-corrected chi connectivity index (χ1v) is 12.0. The third kappa shape index (κ3) is 4.04. The molecule has 0 bridgehead atoms. The Labute approximate surface area is 193 Å². The summed E-state index contributed by atoms with van der Waals surface area (Å²) in [5.41, 5.74) is 2.99. The summed E-state index contributed by atoms with van der Waals surface area (Å²) >= 11 is 0. The van der Waals surface area contributed by atoms with Gasteiger partial charge in [-0.2, -0.15) is 0 Å². The number of para-hydroxylation sites is 1. The fraction of sp³-hybridized carbons (Fsp3) is 0.292. The lowest BCUT2D eigenvalue weighted by atomic mass is 9.83. The molecule has 8 nitrogen and oxygen atoms in total. The average Bonchev–Trinajstić information content (AvgIpc) is 3.14. The molecular formula is C24H25N3O5S. The van der Waals surface area contributed by atoms with Gasteiger partial charge in [-0.15, -0.1) is 0 Å². The minimum Gasteiger partial charge on any atom is -0.456 e. The standard InChI is InChI=1S/C24H25N3O5S/c1-15(25-22-17-9-5-8-12-20(17)33(30,31)26-22)23(29)32-14-16(28)13-21-24(2,3)18-10-6-7-11-19(18)27(21)4/h5-13,15H,14H2,1-4H3,(H,25,26). The zero-order valence-electron chi connectivity index (χ0n) is 18.8. The molecule has 4 rings (SSSR count). The smallest absolute Gasteiger partial charge is 0.331 e. The Hall–Kier alpha value is -3.46. The molecule has 0 aromatic heterocycles. The summed E-state index contributed by atoms with van der Waals surface area (Å²) in [6.45, 7) is 5.14. The molecule has 2 aliphatic heterocycles. The van der Waals surface area contributed by atoms with Gasteiger partial charge < -0.3 is 9.64 Å². The number of ketones is 1. The van der Waals surface area contributed by atoms with Crippen molar-refractivity contribution in [3.8, 4) is 0 Å². The van der Waals surface area contributed by atoms with Crippen LogP contribution in [0.4, 0.5) is 5.69 Å².